The standard InChI is InChI=1S/C23H38N6.HI/c1-8-24-23(28(6)16-20-17-29(7)26-22(20)18(2)3)25-15-21(27(4)5)14-19-12-10-9-11-13-19;/h9-13,17-18,21H,8,14-16H2,1-7H3,(H,24,25);1H. The molecule has 30 heavy (non-hydrogen) atoms. The summed E-state index contributed by atoms with van der Waals surface area (Å²) in [5, 5.41) is 8.08. The summed E-state index contributed by atoms with van der Waals surface area (Å²) in [7, 11) is 8.34. The maximum absolute atomic E-state index is 4.97. The second-order valence-electron chi connectivity index (χ2n) is 8.23. The fourth-order valence-electron chi connectivity index (χ4n) is 3.45. The molecule has 1 heterocycles. The minimum atomic E-state index is 0. The Morgan fingerprint density at radius 2 is 1.83 bits per heavy atom. The Morgan fingerprint density at radius 1 is 1.17 bits per heavy atom. The molecule has 0 aliphatic carbocycles. The maximum Gasteiger partial charge on any atom is 0.194 e. The van der Waals surface area contributed by atoms with Crippen LogP contribution in [0.5, 0.6) is 0 Å². The summed E-state index contributed by atoms with van der Waals surface area (Å²) in [6, 6.07) is 11.0. The van der Waals surface area contributed by atoms with Crippen molar-refractivity contribution in [2.45, 2.75) is 45.7 Å². The van der Waals surface area contributed by atoms with Crippen LogP contribution in [0.1, 0.15) is 43.5 Å². The molecule has 2 aromatic rings. The van der Waals surface area contributed by atoms with Crippen molar-refractivity contribution in [1.82, 2.24) is 24.9 Å². The highest BCUT2D eigenvalue weighted by atomic mass is 127. The number of guanidine groups is 1. The van der Waals surface area contributed by atoms with Gasteiger partial charge in [-0.1, -0.05) is 44.2 Å². The van der Waals surface area contributed by atoms with Crippen LogP contribution in [0.2, 0.25) is 0 Å². The van der Waals surface area contributed by atoms with E-state index in [1.807, 2.05) is 11.7 Å². The van der Waals surface area contributed by atoms with E-state index in [2.05, 4.69) is 98.7 Å². The Hall–Kier alpha value is -1.61. The number of aromatic nitrogens is 2. The van der Waals surface area contributed by atoms with Crippen LogP contribution in [0.25, 0.3) is 0 Å². The molecule has 0 aliphatic heterocycles. The van der Waals surface area contributed by atoms with Crippen molar-refractivity contribution in [3.63, 3.8) is 0 Å². The summed E-state index contributed by atoms with van der Waals surface area (Å²) in [5.41, 5.74) is 3.76. The van der Waals surface area contributed by atoms with Gasteiger partial charge in [-0.05, 0) is 38.9 Å². The van der Waals surface area contributed by atoms with E-state index in [0.717, 1.165) is 37.7 Å². The van der Waals surface area contributed by atoms with E-state index in [-0.39, 0.29) is 24.0 Å². The van der Waals surface area contributed by atoms with E-state index in [9.17, 15) is 0 Å². The molecule has 0 bridgehead atoms. The van der Waals surface area contributed by atoms with E-state index >= 15 is 0 Å². The summed E-state index contributed by atoms with van der Waals surface area (Å²) in [6.45, 7) is 8.88. The predicted molar refractivity (Wildman–Crippen MR) is 138 cm³/mol. The molecule has 1 aromatic carbocycles. The molecule has 168 valence electrons. The van der Waals surface area contributed by atoms with Crippen molar-refractivity contribution in [2.24, 2.45) is 12.0 Å². The number of nitrogens with one attached hydrogen (secondary N) is 1. The van der Waals surface area contributed by atoms with E-state index in [1.54, 1.807) is 0 Å². The molecule has 0 saturated heterocycles. The minimum absolute atomic E-state index is 0. The maximum atomic E-state index is 4.97. The van der Waals surface area contributed by atoms with Crippen LogP contribution in [-0.4, -0.2) is 65.8 Å². The molecule has 2 rings (SSSR count). The van der Waals surface area contributed by atoms with Gasteiger partial charge in [0.25, 0.3) is 0 Å². The van der Waals surface area contributed by atoms with Crippen LogP contribution in [0, 0.1) is 0 Å². The normalized spacial score (nSPS) is 12.8. The van der Waals surface area contributed by atoms with E-state index in [4.69, 9.17) is 4.99 Å². The van der Waals surface area contributed by atoms with Crippen LogP contribution in [0.3, 0.4) is 0 Å². The first-order valence-corrected chi connectivity index (χ1v) is 10.5. The highest BCUT2D eigenvalue weighted by Gasteiger charge is 2.17. The molecule has 0 fully saturated rings. The van der Waals surface area contributed by atoms with Gasteiger partial charge in [0, 0.05) is 45.0 Å². The van der Waals surface area contributed by atoms with Gasteiger partial charge in [0.05, 0.1) is 12.2 Å². The molecule has 0 aliphatic rings. The topological polar surface area (TPSA) is 48.7 Å². The second-order valence-corrected chi connectivity index (χ2v) is 8.23. The quantitative estimate of drug-likeness (QED) is 0.308. The molecule has 0 amide bonds. The number of benzene rings is 1. The Morgan fingerprint density at radius 3 is 2.40 bits per heavy atom. The van der Waals surface area contributed by atoms with Gasteiger partial charge in [-0.15, -0.1) is 24.0 Å². The largest absolute Gasteiger partial charge is 0.357 e. The van der Waals surface area contributed by atoms with Gasteiger partial charge in [0.2, 0.25) is 0 Å². The van der Waals surface area contributed by atoms with Crippen molar-refractivity contribution in [3.05, 3.63) is 53.3 Å². The molecule has 7 heteroatoms. The highest BCUT2D eigenvalue weighted by Crippen LogP contribution is 2.18. The third-order valence-corrected chi connectivity index (χ3v) is 5.08. The molecule has 1 N–H and O–H groups in total. The van der Waals surface area contributed by atoms with Gasteiger partial charge < -0.3 is 15.1 Å². The van der Waals surface area contributed by atoms with E-state index in [1.165, 1.54) is 11.1 Å². The lowest BCUT2D eigenvalue weighted by molar-refractivity contribution is 0.297. The third kappa shape index (κ3) is 7.91. The van der Waals surface area contributed by atoms with Crippen molar-refractivity contribution >= 4 is 29.9 Å². The number of aliphatic imine (C=N–C) groups is 1. The van der Waals surface area contributed by atoms with Crippen LogP contribution in [0.4, 0.5) is 0 Å². The van der Waals surface area contributed by atoms with Crippen LogP contribution >= 0.6 is 24.0 Å². The van der Waals surface area contributed by atoms with Crippen LogP contribution in [-0.2, 0) is 20.0 Å². The van der Waals surface area contributed by atoms with Gasteiger partial charge in [-0.2, -0.15) is 5.10 Å². The first-order valence-electron chi connectivity index (χ1n) is 10.5. The van der Waals surface area contributed by atoms with E-state index in [0.29, 0.717) is 12.0 Å². The van der Waals surface area contributed by atoms with Gasteiger partial charge in [-0.25, -0.2) is 0 Å². The van der Waals surface area contributed by atoms with Crippen molar-refractivity contribution in [2.75, 3.05) is 34.2 Å². The lowest BCUT2D eigenvalue weighted by Crippen LogP contribution is -2.40. The van der Waals surface area contributed by atoms with Gasteiger partial charge >= 0.3 is 0 Å². The van der Waals surface area contributed by atoms with Crippen molar-refractivity contribution in [3.8, 4) is 0 Å². The first-order chi connectivity index (χ1) is 13.8. The minimum Gasteiger partial charge on any atom is -0.357 e. The second kappa shape index (κ2) is 12.9. The zero-order valence-electron chi connectivity index (χ0n) is 19.6. The molecule has 0 spiro atoms. The predicted octanol–water partition coefficient (Wildman–Crippen LogP) is 3.73. The van der Waals surface area contributed by atoms with Crippen LogP contribution in [0.15, 0.2) is 41.5 Å². The molecular weight excluding hydrogens is 487 g/mol. The smallest absolute Gasteiger partial charge is 0.194 e. The van der Waals surface area contributed by atoms with Crippen LogP contribution < -0.4 is 5.32 Å². The monoisotopic (exact) mass is 526 g/mol. The molecule has 0 saturated carbocycles. The Labute approximate surface area is 199 Å². The summed E-state index contributed by atoms with van der Waals surface area (Å²) in [6.07, 6.45) is 3.11. The van der Waals surface area contributed by atoms with E-state index < -0.39 is 0 Å². The van der Waals surface area contributed by atoms with Crippen molar-refractivity contribution in [1.29, 1.82) is 0 Å². The molecule has 0 radical (unpaired) electrons. The number of nitrogens with zero attached hydrogens (tertiary/aromatic N) is 5. The third-order valence-electron chi connectivity index (χ3n) is 5.08. The fourth-order valence-corrected chi connectivity index (χ4v) is 3.45. The summed E-state index contributed by atoms with van der Waals surface area (Å²) >= 11 is 0. The van der Waals surface area contributed by atoms with Gasteiger partial charge in [0.1, 0.15) is 0 Å². The average Bonchev–Trinajstić information content (AvgIpc) is 3.05. The first kappa shape index (κ1) is 26.4. The highest BCUT2D eigenvalue weighted by molar-refractivity contribution is 14.0. The Bertz CT molecular complexity index is 769. The number of hydrogen-bond acceptors (Lipinski definition) is 3. The Balaban J connectivity index is 0.00000450. The summed E-state index contributed by atoms with van der Waals surface area (Å²) < 4.78 is 1.91. The van der Waals surface area contributed by atoms with Gasteiger partial charge in [-0.3, -0.25) is 9.67 Å². The number of likely N-dealkylation sites (N-methyl/N-ethyl adjacent to an activating group) is 1. The molecule has 1 atom stereocenters. The van der Waals surface area contributed by atoms with Crippen molar-refractivity contribution < 1.29 is 0 Å². The molecule has 1 aromatic heterocycles. The number of halogens is 1. The average molecular weight is 527 g/mol. The SMILES string of the molecule is CCNC(=NCC(Cc1ccccc1)N(C)C)N(C)Cc1cn(C)nc1C(C)C.I. The molecular formula is C23H39IN6. The molecule has 1 unspecified atom stereocenters. The zero-order valence-corrected chi connectivity index (χ0v) is 21.9. The lowest BCUT2D eigenvalue weighted by Gasteiger charge is -2.26. The Kier molecular flexibility index (Phi) is 11.4. The lowest BCUT2D eigenvalue weighted by atomic mass is 10.1. The molecule has 6 nitrogen and oxygen atoms in total. The number of hydrogen-bond donors (Lipinski definition) is 1. The summed E-state index contributed by atoms with van der Waals surface area (Å²) in [4.78, 5) is 9.43. The fraction of sp³-hybridized carbons (Fsp3) is 0.565. The zero-order chi connectivity index (χ0) is 21.4. The number of aryl methyl sites for hydroxylation is 1. The van der Waals surface area contributed by atoms with Gasteiger partial charge in [0.15, 0.2) is 5.96 Å². The summed E-state index contributed by atoms with van der Waals surface area (Å²) in [5.74, 6) is 1.34. The number of rotatable bonds is 9.